The maximum Gasteiger partial charge on any atom is 0.261 e. The average molecular weight is 250 g/mol. The predicted octanol–water partition coefficient (Wildman–Crippen LogP) is 0.589. The Morgan fingerprint density at radius 3 is 2.89 bits per heavy atom. The van der Waals surface area contributed by atoms with Crippen LogP contribution in [0.2, 0.25) is 0 Å². The van der Waals surface area contributed by atoms with E-state index in [1.165, 1.54) is 0 Å². The van der Waals surface area contributed by atoms with Crippen molar-refractivity contribution in [2.75, 3.05) is 13.2 Å². The van der Waals surface area contributed by atoms with Crippen LogP contribution in [0.5, 0.6) is 0 Å². The average Bonchev–Trinajstić information content (AvgIpc) is 2.75. The smallest absolute Gasteiger partial charge is 0.261 e. The Kier molecular flexibility index (Phi) is 3.52. The van der Waals surface area contributed by atoms with Crippen LogP contribution in [-0.2, 0) is 0 Å². The van der Waals surface area contributed by atoms with Gasteiger partial charge in [0.1, 0.15) is 5.56 Å². The van der Waals surface area contributed by atoms with Gasteiger partial charge >= 0.3 is 0 Å². The molecule has 1 saturated heterocycles. The van der Waals surface area contributed by atoms with Gasteiger partial charge in [-0.05, 0) is 38.3 Å². The van der Waals surface area contributed by atoms with Gasteiger partial charge in [0, 0.05) is 12.2 Å². The van der Waals surface area contributed by atoms with Crippen LogP contribution in [0.15, 0.2) is 10.9 Å². The van der Waals surface area contributed by atoms with Crippen molar-refractivity contribution in [3.8, 4) is 0 Å². The van der Waals surface area contributed by atoms with Gasteiger partial charge in [0.05, 0.1) is 12.6 Å². The fraction of sp³-hybridized carbons (Fsp3) is 0.538. The molecule has 18 heavy (non-hydrogen) atoms. The number of aromatic amines is 1. The van der Waals surface area contributed by atoms with Crippen LogP contribution in [0.1, 0.15) is 34.5 Å². The second-order valence-corrected chi connectivity index (χ2v) is 4.82. The van der Waals surface area contributed by atoms with Gasteiger partial charge < -0.3 is 15.0 Å². The van der Waals surface area contributed by atoms with Crippen molar-refractivity contribution in [3.05, 3.63) is 33.2 Å². The minimum absolute atomic E-state index is 0.0471. The molecule has 1 unspecified atom stereocenters. The summed E-state index contributed by atoms with van der Waals surface area (Å²) < 4.78 is 0. The molecule has 98 valence electrons. The summed E-state index contributed by atoms with van der Waals surface area (Å²) in [6.07, 6.45) is 1.67. The molecular formula is C13H18N2O3. The largest absolute Gasteiger partial charge is 0.394 e. The first kappa shape index (κ1) is 12.8. The third kappa shape index (κ3) is 2.18. The number of amides is 1. The van der Waals surface area contributed by atoms with E-state index in [1.807, 2.05) is 0 Å². The molecule has 0 saturated carbocycles. The van der Waals surface area contributed by atoms with E-state index < -0.39 is 0 Å². The topological polar surface area (TPSA) is 73.4 Å². The van der Waals surface area contributed by atoms with Crippen LogP contribution in [0.25, 0.3) is 0 Å². The highest BCUT2D eigenvalue weighted by Crippen LogP contribution is 2.19. The molecule has 1 aliphatic rings. The fourth-order valence-electron chi connectivity index (χ4n) is 2.56. The number of nitrogens with one attached hydrogen (secondary N) is 1. The van der Waals surface area contributed by atoms with Crippen LogP contribution in [0, 0.1) is 13.8 Å². The van der Waals surface area contributed by atoms with Crippen LogP contribution in [-0.4, -0.2) is 40.1 Å². The molecule has 0 aliphatic carbocycles. The SMILES string of the molecule is Cc1cc(C)c(C(=O)N2CCCC2CO)c(=O)[nH]1. The number of likely N-dealkylation sites (tertiary alicyclic amines) is 1. The number of carbonyl (C=O) groups is 1. The van der Waals surface area contributed by atoms with Gasteiger partial charge in [0.2, 0.25) is 0 Å². The van der Waals surface area contributed by atoms with Gasteiger partial charge in [-0.2, -0.15) is 0 Å². The number of aliphatic hydroxyl groups is 1. The lowest BCUT2D eigenvalue weighted by Crippen LogP contribution is -2.40. The molecular weight excluding hydrogens is 232 g/mol. The van der Waals surface area contributed by atoms with Crippen LogP contribution in [0.3, 0.4) is 0 Å². The number of pyridine rings is 1. The molecule has 1 aliphatic heterocycles. The molecule has 1 atom stereocenters. The standard InChI is InChI=1S/C13H18N2O3/c1-8-6-9(2)14-12(17)11(8)13(18)15-5-3-4-10(15)7-16/h6,10,16H,3-5,7H2,1-2H3,(H,14,17). The van der Waals surface area contributed by atoms with E-state index in [-0.39, 0.29) is 29.7 Å². The predicted molar refractivity (Wildman–Crippen MR) is 67.7 cm³/mol. The number of nitrogens with zero attached hydrogens (tertiary/aromatic N) is 1. The molecule has 5 nitrogen and oxygen atoms in total. The van der Waals surface area contributed by atoms with Crippen molar-refractivity contribution in [3.63, 3.8) is 0 Å². The van der Waals surface area contributed by atoms with Gasteiger partial charge in [-0.1, -0.05) is 0 Å². The molecule has 0 bridgehead atoms. The van der Waals surface area contributed by atoms with E-state index in [0.717, 1.165) is 18.5 Å². The van der Waals surface area contributed by atoms with Crippen LogP contribution < -0.4 is 5.56 Å². The number of aryl methyl sites for hydroxylation is 2. The minimum atomic E-state index is -0.346. The van der Waals surface area contributed by atoms with Crippen LogP contribution in [0.4, 0.5) is 0 Å². The lowest BCUT2D eigenvalue weighted by molar-refractivity contribution is 0.0675. The molecule has 0 radical (unpaired) electrons. The molecule has 1 amide bonds. The zero-order chi connectivity index (χ0) is 13.3. The highest BCUT2D eigenvalue weighted by atomic mass is 16.3. The van der Waals surface area contributed by atoms with E-state index in [1.54, 1.807) is 24.8 Å². The number of hydrogen-bond donors (Lipinski definition) is 2. The summed E-state index contributed by atoms with van der Waals surface area (Å²) >= 11 is 0. The summed E-state index contributed by atoms with van der Waals surface area (Å²) in [6.45, 7) is 4.11. The van der Waals surface area contributed by atoms with E-state index in [4.69, 9.17) is 0 Å². The normalized spacial score (nSPS) is 19.3. The molecule has 1 fully saturated rings. The highest BCUT2D eigenvalue weighted by Gasteiger charge is 2.30. The molecule has 2 rings (SSSR count). The van der Waals surface area contributed by atoms with Gasteiger partial charge in [-0.15, -0.1) is 0 Å². The Hall–Kier alpha value is -1.62. The zero-order valence-corrected chi connectivity index (χ0v) is 10.7. The Morgan fingerprint density at radius 2 is 2.28 bits per heavy atom. The summed E-state index contributed by atoms with van der Waals surface area (Å²) in [5.74, 6) is -0.273. The Labute approximate surface area is 105 Å². The van der Waals surface area contributed by atoms with Crippen LogP contribution >= 0.6 is 0 Å². The lowest BCUT2D eigenvalue weighted by atomic mass is 10.1. The number of aliphatic hydroxyl groups excluding tert-OH is 1. The summed E-state index contributed by atoms with van der Waals surface area (Å²) in [5, 5.41) is 9.24. The zero-order valence-electron chi connectivity index (χ0n) is 10.7. The minimum Gasteiger partial charge on any atom is -0.394 e. The number of H-pyrrole nitrogens is 1. The van der Waals surface area contributed by atoms with E-state index in [9.17, 15) is 14.7 Å². The number of carbonyl (C=O) groups excluding carboxylic acids is 1. The highest BCUT2D eigenvalue weighted by molar-refractivity contribution is 5.95. The van der Waals surface area contributed by atoms with E-state index in [2.05, 4.69) is 4.98 Å². The summed E-state index contributed by atoms with van der Waals surface area (Å²) in [6, 6.07) is 1.64. The molecule has 0 aromatic carbocycles. The summed E-state index contributed by atoms with van der Waals surface area (Å²) in [4.78, 5) is 28.5. The monoisotopic (exact) mass is 250 g/mol. The molecule has 1 aromatic rings. The Balaban J connectivity index is 2.37. The van der Waals surface area contributed by atoms with Crippen molar-refractivity contribution in [1.29, 1.82) is 0 Å². The third-order valence-corrected chi connectivity index (χ3v) is 3.43. The third-order valence-electron chi connectivity index (χ3n) is 3.43. The number of aromatic nitrogens is 1. The molecule has 2 N–H and O–H groups in total. The van der Waals surface area contributed by atoms with Crippen molar-refractivity contribution in [2.45, 2.75) is 32.7 Å². The summed E-state index contributed by atoms with van der Waals surface area (Å²) in [7, 11) is 0. The first-order chi connectivity index (χ1) is 8.54. The van der Waals surface area contributed by atoms with Crippen molar-refractivity contribution in [1.82, 2.24) is 9.88 Å². The summed E-state index contributed by atoms with van der Waals surface area (Å²) in [5.41, 5.74) is 1.28. The maximum absolute atomic E-state index is 12.4. The van der Waals surface area contributed by atoms with E-state index in [0.29, 0.717) is 12.1 Å². The molecule has 2 heterocycles. The molecule has 1 aromatic heterocycles. The Bertz CT molecular complexity index is 521. The second kappa shape index (κ2) is 4.94. The van der Waals surface area contributed by atoms with Gasteiger partial charge in [0.15, 0.2) is 0 Å². The number of hydrogen-bond acceptors (Lipinski definition) is 3. The van der Waals surface area contributed by atoms with E-state index >= 15 is 0 Å². The first-order valence-electron chi connectivity index (χ1n) is 6.17. The quantitative estimate of drug-likeness (QED) is 0.806. The van der Waals surface area contributed by atoms with Crippen molar-refractivity contribution < 1.29 is 9.90 Å². The lowest BCUT2D eigenvalue weighted by Gasteiger charge is -2.23. The van der Waals surface area contributed by atoms with Crippen molar-refractivity contribution in [2.24, 2.45) is 0 Å². The van der Waals surface area contributed by atoms with Gasteiger partial charge in [-0.3, -0.25) is 9.59 Å². The Morgan fingerprint density at radius 1 is 1.56 bits per heavy atom. The number of rotatable bonds is 2. The first-order valence-corrected chi connectivity index (χ1v) is 6.17. The maximum atomic E-state index is 12.4. The van der Waals surface area contributed by atoms with Gasteiger partial charge in [0.25, 0.3) is 11.5 Å². The van der Waals surface area contributed by atoms with Crippen molar-refractivity contribution >= 4 is 5.91 Å². The fourth-order valence-corrected chi connectivity index (χ4v) is 2.56. The second-order valence-electron chi connectivity index (χ2n) is 4.82. The molecule has 0 spiro atoms. The molecule has 5 heteroatoms. The van der Waals surface area contributed by atoms with Gasteiger partial charge in [-0.25, -0.2) is 0 Å².